The van der Waals surface area contributed by atoms with E-state index in [1.165, 1.54) is 6.20 Å². The van der Waals surface area contributed by atoms with Crippen LogP contribution in [0.25, 0.3) is 0 Å². The Bertz CT molecular complexity index is 251. The Labute approximate surface area is 91.8 Å². The number of nitrogens with zero attached hydrogens (tertiary/aromatic N) is 1. The van der Waals surface area contributed by atoms with Gasteiger partial charge >= 0.3 is 0 Å². The van der Waals surface area contributed by atoms with Crippen LogP contribution in [0.3, 0.4) is 0 Å². The third-order valence-electron chi connectivity index (χ3n) is 1.28. The number of nitrogens with two attached hydrogens (primary N) is 2. The molecule has 5 heteroatoms. The van der Waals surface area contributed by atoms with Crippen molar-refractivity contribution in [2.75, 3.05) is 11.9 Å². The first-order valence-corrected chi connectivity index (χ1v) is 5.30. The van der Waals surface area contributed by atoms with E-state index in [1.807, 2.05) is 0 Å². The van der Waals surface area contributed by atoms with Crippen molar-refractivity contribution in [3.63, 3.8) is 0 Å². The van der Waals surface area contributed by atoms with E-state index in [0.717, 1.165) is 18.3 Å². The molecule has 0 unspecified atom stereocenters. The molecule has 0 radical (unpaired) electrons. The quantitative estimate of drug-likeness (QED) is 0.792. The maximum Gasteiger partial charge on any atom is 0.250 e. The number of hydrogen-bond donors (Lipinski definition) is 2. The molecular formula is C9H14BrN3O. The van der Waals surface area contributed by atoms with Gasteiger partial charge in [-0.1, -0.05) is 15.9 Å². The number of pyridine rings is 1. The van der Waals surface area contributed by atoms with Gasteiger partial charge in [0.25, 0.3) is 0 Å². The first-order chi connectivity index (χ1) is 6.72. The fourth-order valence-electron chi connectivity index (χ4n) is 0.586. The highest BCUT2D eigenvalue weighted by atomic mass is 79.9. The molecule has 0 aliphatic rings. The zero-order valence-electron chi connectivity index (χ0n) is 7.82. The van der Waals surface area contributed by atoms with Crippen LogP contribution in [0.2, 0.25) is 0 Å². The Kier molecular flexibility index (Phi) is 8.07. The van der Waals surface area contributed by atoms with E-state index in [4.69, 9.17) is 11.5 Å². The lowest BCUT2D eigenvalue weighted by atomic mass is 10.3. The largest absolute Gasteiger partial charge is 0.366 e. The predicted molar refractivity (Wildman–Crippen MR) is 60.2 cm³/mol. The Morgan fingerprint density at radius 3 is 2.50 bits per heavy atom. The van der Waals surface area contributed by atoms with Crippen LogP contribution in [0.15, 0.2) is 24.5 Å². The lowest BCUT2D eigenvalue weighted by Gasteiger charge is -1.88. The van der Waals surface area contributed by atoms with E-state index in [0.29, 0.717) is 5.56 Å². The van der Waals surface area contributed by atoms with Crippen LogP contribution in [0.4, 0.5) is 0 Å². The number of hydrogen-bond acceptors (Lipinski definition) is 3. The SMILES string of the molecule is NC(=O)c1cccnc1.NCCCBr. The molecule has 1 aromatic heterocycles. The molecule has 1 aromatic rings. The minimum absolute atomic E-state index is 0.442. The molecule has 0 bridgehead atoms. The van der Waals surface area contributed by atoms with Crippen molar-refractivity contribution in [2.24, 2.45) is 11.5 Å². The molecule has 0 aliphatic heterocycles. The summed E-state index contributed by atoms with van der Waals surface area (Å²) in [6.45, 7) is 0.797. The third-order valence-corrected chi connectivity index (χ3v) is 1.84. The first kappa shape index (κ1) is 13.1. The van der Waals surface area contributed by atoms with Crippen LogP contribution in [0.1, 0.15) is 16.8 Å². The van der Waals surface area contributed by atoms with E-state index in [9.17, 15) is 4.79 Å². The second-order valence-corrected chi connectivity index (χ2v) is 3.23. The van der Waals surface area contributed by atoms with E-state index < -0.39 is 5.91 Å². The average Bonchev–Trinajstić information content (AvgIpc) is 2.21. The fraction of sp³-hybridized carbons (Fsp3) is 0.333. The van der Waals surface area contributed by atoms with Gasteiger partial charge in [0, 0.05) is 17.7 Å². The van der Waals surface area contributed by atoms with Crippen molar-refractivity contribution >= 4 is 21.8 Å². The van der Waals surface area contributed by atoms with Crippen molar-refractivity contribution in [3.8, 4) is 0 Å². The normalized spacial score (nSPS) is 8.71. The monoisotopic (exact) mass is 259 g/mol. The van der Waals surface area contributed by atoms with Crippen molar-refractivity contribution in [2.45, 2.75) is 6.42 Å². The summed E-state index contributed by atoms with van der Waals surface area (Å²) in [7, 11) is 0. The van der Waals surface area contributed by atoms with Crippen LogP contribution in [-0.4, -0.2) is 22.8 Å². The molecule has 0 aromatic carbocycles. The zero-order chi connectivity index (χ0) is 10.8. The Hall–Kier alpha value is -0.940. The smallest absolute Gasteiger partial charge is 0.250 e. The van der Waals surface area contributed by atoms with Gasteiger partial charge < -0.3 is 11.5 Å². The summed E-state index contributed by atoms with van der Waals surface area (Å²) in [6.07, 6.45) is 4.11. The molecule has 0 aliphatic carbocycles. The highest BCUT2D eigenvalue weighted by molar-refractivity contribution is 9.09. The second kappa shape index (κ2) is 8.65. The molecule has 0 spiro atoms. The number of primary amides is 1. The Morgan fingerprint density at radius 2 is 2.29 bits per heavy atom. The van der Waals surface area contributed by atoms with Gasteiger partial charge in [0.1, 0.15) is 0 Å². The first-order valence-electron chi connectivity index (χ1n) is 4.18. The molecule has 0 atom stereocenters. The van der Waals surface area contributed by atoms with Crippen LogP contribution >= 0.6 is 15.9 Å². The number of carbonyl (C=O) groups excluding carboxylic acids is 1. The second-order valence-electron chi connectivity index (χ2n) is 2.44. The summed E-state index contributed by atoms with van der Waals surface area (Å²) in [6, 6.07) is 3.29. The minimum Gasteiger partial charge on any atom is -0.366 e. The number of alkyl halides is 1. The van der Waals surface area contributed by atoms with Crippen molar-refractivity contribution in [3.05, 3.63) is 30.1 Å². The van der Waals surface area contributed by atoms with Gasteiger partial charge in [0.05, 0.1) is 5.56 Å². The Balaban J connectivity index is 0.000000292. The lowest BCUT2D eigenvalue weighted by molar-refractivity contribution is 0.1000. The summed E-state index contributed by atoms with van der Waals surface area (Å²) in [5, 5.41) is 1.03. The van der Waals surface area contributed by atoms with E-state index >= 15 is 0 Å². The molecule has 1 rings (SSSR count). The van der Waals surface area contributed by atoms with Gasteiger partial charge in [-0.2, -0.15) is 0 Å². The van der Waals surface area contributed by atoms with Crippen LogP contribution in [-0.2, 0) is 0 Å². The zero-order valence-corrected chi connectivity index (χ0v) is 9.40. The lowest BCUT2D eigenvalue weighted by Crippen LogP contribution is -2.10. The molecule has 0 saturated carbocycles. The van der Waals surface area contributed by atoms with Gasteiger partial charge in [-0.15, -0.1) is 0 Å². The van der Waals surface area contributed by atoms with Crippen LogP contribution in [0.5, 0.6) is 0 Å². The summed E-state index contributed by atoms with van der Waals surface area (Å²) in [5.74, 6) is -0.442. The highest BCUT2D eigenvalue weighted by Gasteiger charge is 1.94. The molecule has 1 amide bonds. The molecule has 14 heavy (non-hydrogen) atoms. The number of rotatable bonds is 3. The molecule has 0 fully saturated rings. The predicted octanol–water partition coefficient (Wildman–Crippen LogP) is 0.911. The molecule has 4 nitrogen and oxygen atoms in total. The number of amides is 1. The minimum atomic E-state index is -0.442. The number of halogens is 1. The van der Waals surface area contributed by atoms with Crippen molar-refractivity contribution < 1.29 is 4.79 Å². The van der Waals surface area contributed by atoms with Gasteiger partial charge in [-0.25, -0.2) is 0 Å². The van der Waals surface area contributed by atoms with Crippen molar-refractivity contribution in [1.29, 1.82) is 0 Å². The van der Waals surface area contributed by atoms with Crippen molar-refractivity contribution in [1.82, 2.24) is 4.98 Å². The van der Waals surface area contributed by atoms with Crippen LogP contribution in [0, 0.1) is 0 Å². The summed E-state index contributed by atoms with van der Waals surface area (Å²) < 4.78 is 0. The van der Waals surface area contributed by atoms with Crippen LogP contribution < -0.4 is 11.5 Å². The number of aromatic nitrogens is 1. The maximum atomic E-state index is 10.4. The fourth-order valence-corrected chi connectivity index (χ4v) is 0.909. The summed E-state index contributed by atoms with van der Waals surface area (Å²) >= 11 is 3.23. The molecule has 1 heterocycles. The van der Waals surface area contributed by atoms with Gasteiger partial charge in [-0.05, 0) is 25.1 Å². The molecule has 78 valence electrons. The van der Waals surface area contributed by atoms with E-state index in [2.05, 4.69) is 20.9 Å². The topological polar surface area (TPSA) is 82.0 Å². The standard InChI is InChI=1S/C6H6N2O.C3H8BrN/c7-6(9)5-2-1-3-8-4-5;4-2-1-3-5/h1-4H,(H2,7,9);1-3,5H2. The average molecular weight is 260 g/mol. The third kappa shape index (κ3) is 6.56. The molecule has 4 N–H and O–H groups in total. The van der Waals surface area contributed by atoms with Gasteiger partial charge in [0.15, 0.2) is 0 Å². The number of carbonyl (C=O) groups is 1. The van der Waals surface area contributed by atoms with Gasteiger partial charge in [-0.3, -0.25) is 9.78 Å². The summed E-state index contributed by atoms with van der Waals surface area (Å²) in [4.78, 5) is 14.1. The maximum absolute atomic E-state index is 10.4. The molecular weight excluding hydrogens is 246 g/mol. The Morgan fingerprint density at radius 1 is 1.57 bits per heavy atom. The van der Waals surface area contributed by atoms with E-state index in [-0.39, 0.29) is 0 Å². The highest BCUT2D eigenvalue weighted by Crippen LogP contribution is 1.91. The van der Waals surface area contributed by atoms with E-state index in [1.54, 1.807) is 18.3 Å². The van der Waals surface area contributed by atoms with Gasteiger partial charge in [0.2, 0.25) is 5.91 Å². The summed E-state index contributed by atoms with van der Waals surface area (Å²) in [5.41, 5.74) is 10.5. The molecule has 0 saturated heterocycles.